The lowest BCUT2D eigenvalue weighted by atomic mass is 9.95. The lowest BCUT2D eigenvalue weighted by molar-refractivity contribution is -0.156. The van der Waals surface area contributed by atoms with E-state index in [2.05, 4.69) is 0 Å². The highest BCUT2D eigenvalue weighted by Crippen LogP contribution is 2.17. The predicted molar refractivity (Wildman–Crippen MR) is 124 cm³/mol. The van der Waals surface area contributed by atoms with E-state index < -0.39 is 23.9 Å². The summed E-state index contributed by atoms with van der Waals surface area (Å²) < 4.78 is 15.9. The molecule has 33 heavy (non-hydrogen) atoms. The minimum absolute atomic E-state index is 0.0698. The lowest BCUT2D eigenvalue weighted by Gasteiger charge is -2.19. The Morgan fingerprint density at radius 2 is 1.42 bits per heavy atom. The van der Waals surface area contributed by atoms with Gasteiger partial charge in [0, 0.05) is 13.0 Å². The molecule has 2 rings (SSSR count). The highest BCUT2D eigenvalue weighted by atomic mass is 16.5. The van der Waals surface area contributed by atoms with E-state index in [0.717, 1.165) is 11.1 Å². The standard InChI is InChI=1S/C26H33NO6/c1-2-17-31-25(27)24(29)22(26(30)33-19-21-13-7-4-8-14-21)15-9-10-16-23(28)32-18-20-11-5-3-6-12-20/h3-8,11-14,22,25H,2,9-10,15-19,27H2,1H3/t22-,25?/m0/s1. The highest BCUT2D eigenvalue weighted by Gasteiger charge is 2.32. The van der Waals surface area contributed by atoms with E-state index in [9.17, 15) is 14.4 Å². The fourth-order valence-electron chi connectivity index (χ4n) is 3.16. The zero-order valence-corrected chi connectivity index (χ0v) is 19.1. The van der Waals surface area contributed by atoms with Gasteiger partial charge in [0.05, 0.1) is 0 Å². The number of carbonyl (C=O) groups excluding carboxylic acids is 3. The van der Waals surface area contributed by atoms with Crippen LogP contribution in [0, 0.1) is 5.92 Å². The number of benzene rings is 2. The Morgan fingerprint density at radius 1 is 0.848 bits per heavy atom. The van der Waals surface area contributed by atoms with Crippen LogP contribution in [-0.2, 0) is 41.8 Å². The van der Waals surface area contributed by atoms with Gasteiger partial charge in [-0.3, -0.25) is 20.1 Å². The van der Waals surface area contributed by atoms with Crippen molar-refractivity contribution in [3.8, 4) is 0 Å². The van der Waals surface area contributed by atoms with Crippen molar-refractivity contribution < 1.29 is 28.6 Å². The average Bonchev–Trinajstić information content (AvgIpc) is 2.85. The van der Waals surface area contributed by atoms with Crippen molar-refractivity contribution in [1.82, 2.24) is 0 Å². The number of ketones is 1. The summed E-state index contributed by atoms with van der Waals surface area (Å²) >= 11 is 0. The van der Waals surface area contributed by atoms with Gasteiger partial charge in [-0.05, 0) is 30.4 Å². The molecule has 0 aromatic heterocycles. The summed E-state index contributed by atoms with van der Waals surface area (Å²) in [6.07, 6.45) is 0.892. The Kier molecular flexibility index (Phi) is 11.9. The number of unbranched alkanes of at least 4 members (excludes halogenated alkanes) is 1. The Balaban J connectivity index is 1.83. The van der Waals surface area contributed by atoms with Crippen LogP contribution in [0.5, 0.6) is 0 Å². The molecule has 0 heterocycles. The maximum absolute atomic E-state index is 12.7. The molecule has 0 fully saturated rings. The molecule has 0 spiro atoms. The molecule has 0 saturated heterocycles. The van der Waals surface area contributed by atoms with Gasteiger partial charge in [0.25, 0.3) is 0 Å². The lowest BCUT2D eigenvalue weighted by Crippen LogP contribution is -2.41. The van der Waals surface area contributed by atoms with E-state index in [-0.39, 0.29) is 32.0 Å². The van der Waals surface area contributed by atoms with Crippen molar-refractivity contribution in [1.29, 1.82) is 0 Å². The van der Waals surface area contributed by atoms with Gasteiger partial charge in [0.1, 0.15) is 19.1 Å². The summed E-state index contributed by atoms with van der Waals surface area (Å²) in [5.74, 6) is -2.50. The van der Waals surface area contributed by atoms with E-state index >= 15 is 0 Å². The van der Waals surface area contributed by atoms with E-state index in [4.69, 9.17) is 19.9 Å². The second-order valence-corrected chi connectivity index (χ2v) is 7.73. The first-order valence-electron chi connectivity index (χ1n) is 11.3. The van der Waals surface area contributed by atoms with E-state index in [1.54, 1.807) is 0 Å². The van der Waals surface area contributed by atoms with Gasteiger partial charge in [0.2, 0.25) is 0 Å². The quantitative estimate of drug-likeness (QED) is 0.188. The minimum atomic E-state index is -1.19. The van der Waals surface area contributed by atoms with Crippen LogP contribution in [0.1, 0.15) is 50.2 Å². The topological polar surface area (TPSA) is 105 Å². The third kappa shape index (κ3) is 9.97. The molecular weight excluding hydrogens is 422 g/mol. The van der Waals surface area contributed by atoms with Crippen LogP contribution in [0.3, 0.4) is 0 Å². The number of Topliss-reactive ketones (excluding diaryl/α,β-unsaturated/α-hetero) is 1. The maximum Gasteiger partial charge on any atom is 0.316 e. The number of nitrogens with two attached hydrogens (primary N) is 1. The Bertz CT molecular complexity index is 856. The zero-order chi connectivity index (χ0) is 23.9. The molecule has 0 aliphatic carbocycles. The summed E-state index contributed by atoms with van der Waals surface area (Å²) in [5.41, 5.74) is 7.58. The number of ether oxygens (including phenoxy) is 3. The Labute approximate surface area is 195 Å². The zero-order valence-electron chi connectivity index (χ0n) is 19.1. The average molecular weight is 456 g/mol. The van der Waals surface area contributed by atoms with Gasteiger partial charge >= 0.3 is 11.9 Å². The van der Waals surface area contributed by atoms with Gasteiger partial charge in [0.15, 0.2) is 12.0 Å². The van der Waals surface area contributed by atoms with Crippen molar-refractivity contribution >= 4 is 17.7 Å². The summed E-state index contributed by atoms with van der Waals surface area (Å²) in [6, 6.07) is 18.7. The van der Waals surface area contributed by atoms with Crippen LogP contribution < -0.4 is 5.73 Å². The van der Waals surface area contributed by atoms with E-state index in [1.165, 1.54) is 0 Å². The van der Waals surface area contributed by atoms with Gasteiger partial charge in [-0.1, -0.05) is 74.0 Å². The molecule has 0 amide bonds. The molecule has 2 atom stereocenters. The first kappa shape index (κ1) is 26.2. The Morgan fingerprint density at radius 3 is 2.00 bits per heavy atom. The second-order valence-electron chi connectivity index (χ2n) is 7.73. The second kappa shape index (κ2) is 14.9. The third-order valence-corrected chi connectivity index (χ3v) is 5.00. The predicted octanol–water partition coefficient (Wildman–Crippen LogP) is 3.93. The number of esters is 2. The normalized spacial score (nSPS) is 12.5. The van der Waals surface area contributed by atoms with Crippen LogP contribution in [0.15, 0.2) is 60.7 Å². The first-order valence-corrected chi connectivity index (χ1v) is 11.3. The summed E-state index contributed by atoms with van der Waals surface area (Å²) in [4.78, 5) is 37.4. The smallest absolute Gasteiger partial charge is 0.316 e. The minimum Gasteiger partial charge on any atom is -0.461 e. The van der Waals surface area contributed by atoms with Crippen LogP contribution in [0.2, 0.25) is 0 Å². The van der Waals surface area contributed by atoms with Crippen LogP contribution in [0.4, 0.5) is 0 Å². The molecule has 178 valence electrons. The number of carbonyl (C=O) groups is 3. The summed E-state index contributed by atoms with van der Waals surface area (Å²) in [6.45, 7) is 2.52. The fourth-order valence-corrected chi connectivity index (χ4v) is 3.16. The summed E-state index contributed by atoms with van der Waals surface area (Å²) in [7, 11) is 0. The van der Waals surface area contributed by atoms with E-state index in [0.29, 0.717) is 25.9 Å². The Hall–Kier alpha value is -3.03. The van der Waals surface area contributed by atoms with Crippen molar-refractivity contribution in [3.05, 3.63) is 71.8 Å². The molecule has 1 unspecified atom stereocenters. The van der Waals surface area contributed by atoms with E-state index in [1.807, 2.05) is 67.6 Å². The number of hydrogen-bond donors (Lipinski definition) is 1. The number of hydrogen-bond acceptors (Lipinski definition) is 7. The molecule has 0 bridgehead atoms. The van der Waals surface area contributed by atoms with Crippen molar-refractivity contribution in [3.63, 3.8) is 0 Å². The molecule has 0 saturated carbocycles. The van der Waals surface area contributed by atoms with Crippen LogP contribution >= 0.6 is 0 Å². The van der Waals surface area contributed by atoms with Gasteiger partial charge in [-0.2, -0.15) is 0 Å². The molecular formula is C26H33NO6. The van der Waals surface area contributed by atoms with Crippen molar-refractivity contribution in [2.75, 3.05) is 6.61 Å². The molecule has 2 aromatic carbocycles. The van der Waals surface area contributed by atoms with Gasteiger partial charge < -0.3 is 14.2 Å². The molecule has 2 aromatic rings. The molecule has 7 heteroatoms. The SMILES string of the molecule is CCCOC(N)C(=O)[C@H](CCCCC(=O)OCc1ccccc1)C(=O)OCc1ccccc1. The maximum atomic E-state index is 12.7. The van der Waals surface area contributed by atoms with Crippen LogP contribution in [-0.4, -0.2) is 30.6 Å². The third-order valence-electron chi connectivity index (χ3n) is 5.00. The highest BCUT2D eigenvalue weighted by molar-refractivity contribution is 6.01. The van der Waals surface area contributed by atoms with Crippen LogP contribution in [0.25, 0.3) is 0 Å². The largest absolute Gasteiger partial charge is 0.461 e. The van der Waals surface area contributed by atoms with Crippen molar-refractivity contribution in [2.45, 2.75) is 58.5 Å². The molecule has 0 aliphatic heterocycles. The number of rotatable bonds is 15. The first-order chi connectivity index (χ1) is 16.0. The molecule has 7 nitrogen and oxygen atoms in total. The van der Waals surface area contributed by atoms with Gasteiger partial charge in [-0.25, -0.2) is 0 Å². The fraction of sp³-hybridized carbons (Fsp3) is 0.423. The van der Waals surface area contributed by atoms with Gasteiger partial charge in [-0.15, -0.1) is 0 Å². The molecule has 0 radical (unpaired) electrons. The van der Waals surface area contributed by atoms with Crippen molar-refractivity contribution in [2.24, 2.45) is 11.7 Å². The molecule has 2 N–H and O–H groups in total. The monoisotopic (exact) mass is 455 g/mol. The summed E-state index contributed by atoms with van der Waals surface area (Å²) in [5, 5.41) is 0. The molecule has 0 aliphatic rings.